The molecule has 26 heavy (non-hydrogen) atoms. The van der Waals surface area contributed by atoms with Gasteiger partial charge in [0.25, 0.3) is 0 Å². The average molecular weight is 437 g/mol. The number of rotatable bonds is 6. The van der Waals surface area contributed by atoms with Gasteiger partial charge in [0.05, 0.1) is 25.5 Å². The Morgan fingerprint density at radius 1 is 1.08 bits per heavy atom. The summed E-state index contributed by atoms with van der Waals surface area (Å²) in [5, 5.41) is 14.8. The molecule has 0 saturated carbocycles. The number of thiazole rings is 1. The number of hydrogen-bond donors (Lipinski definition) is 2. The maximum absolute atomic E-state index is 10.9. The smallest absolute Gasteiger partial charge is 0.335 e. The van der Waals surface area contributed by atoms with Crippen LogP contribution >= 0.6 is 28.3 Å². The van der Waals surface area contributed by atoms with Gasteiger partial charge in [-0.1, -0.05) is 0 Å². The summed E-state index contributed by atoms with van der Waals surface area (Å²) in [5.74, 6) is 0.363. The van der Waals surface area contributed by atoms with Crippen LogP contribution in [-0.4, -0.2) is 30.3 Å². The Hall–Kier alpha value is -2.58. The summed E-state index contributed by atoms with van der Waals surface area (Å²) >= 11 is 1.46. The molecule has 0 spiro atoms. The average Bonchev–Trinajstić information content (AvgIpc) is 3.10. The number of anilines is 2. The lowest BCUT2D eigenvalue weighted by molar-refractivity contribution is 0.0697. The quantitative estimate of drug-likeness (QED) is 0.574. The summed E-state index contributed by atoms with van der Waals surface area (Å²) in [6.07, 6.45) is 0. The van der Waals surface area contributed by atoms with Gasteiger partial charge in [0.15, 0.2) is 16.6 Å². The van der Waals surface area contributed by atoms with Crippen LogP contribution in [0.2, 0.25) is 0 Å². The highest BCUT2D eigenvalue weighted by atomic mass is 79.9. The maximum Gasteiger partial charge on any atom is 0.335 e. The SMILES string of the molecule is Br.COc1ccc(-c2csc(Nc3ccc(C(=O)O)cc3)n2)cc1OC. The standard InChI is InChI=1S/C18H16N2O4S.BrH/c1-23-15-8-5-12(9-16(15)24-2)14-10-25-18(20-14)19-13-6-3-11(4-7-13)17(21)22;/h3-10H,1-2H3,(H,19,20)(H,21,22);1H. The zero-order chi connectivity index (χ0) is 17.8. The monoisotopic (exact) mass is 436 g/mol. The lowest BCUT2D eigenvalue weighted by Gasteiger charge is -2.08. The summed E-state index contributed by atoms with van der Waals surface area (Å²) in [6, 6.07) is 12.1. The van der Waals surface area contributed by atoms with Crippen LogP contribution in [0, 0.1) is 0 Å². The van der Waals surface area contributed by atoms with E-state index in [0.717, 1.165) is 16.9 Å². The van der Waals surface area contributed by atoms with Crippen LogP contribution in [0.1, 0.15) is 10.4 Å². The number of methoxy groups -OCH3 is 2. The van der Waals surface area contributed by atoms with E-state index in [-0.39, 0.29) is 22.5 Å². The molecule has 3 rings (SSSR count). The molecule has 136 valence electrons. The third-order valence-electron chi connectivity index (χ3n) is 3.57. The first kappa shape index (κ1) is 19.7. The number of carboxylic acid groups (broad SMARTS) is 1. The Morgan fingerprint density at radius 2 is 1.77 bits per heavy atom. The number of nitrogens with zero attached hydrogens (tertiary/aromatic N) is 1. The number of halogens is 1. The molecule has 0 aliphatic carbocycles. The summed E-state index contributed by atoms with van der Waals surface area (Å²) < 4.78 is 10.6. The Labute approximate surface area is 165 Å². The first-order valence-electron chi connectivity index (χ1n) is 7.39. The minimum Gasteiger partial charge on any atom is -0.493 e. The maximum atomic E-state index is 10.9. The van der Waals surface area contributed by atoms with Crippen LogP contribution in [0.15, 0.2) is 47.8 Å². The zero-order valence-electron chi connectivity index (χ0n) is 14.1. The van der Waals surface area contributed by atoms with Crippen LogP contribution in [0.25, 0.3) is 11.3 Å². The van der Waals surface area contributed by atoms with Crippen LogP contribution in [0.3, 0.4) is 0 Å². The van der Waals surface area contributed by atoms with Gasteiger partial charge in [-0.25, -0.2) is 9.78 Å². The van der Waals surface area contributed by atoms with Gasteiger partial charge >= 0.3 is 5.97 Å². The first-order chi connectivity index (χ1) is 12.1. The summed E-state index contributed by atoms with van der Waals surface area (Å²) in [4.78, 5) is 15.4. The third kappa shape index (κ3) is 4.33. The molecule has 3 aromatic rings. The number of nitrogens with one attached hydrogen (secondary N) is 1. The molecule has 0 radical (unpaired) electrons. The molecule has 0 amide bonds. The topological polar surface area (TPSA) is 80.7 Å². The minimum absolute atomic E-state index is 0. The van der Waals surface area contributed by atoms with E-state index in [1.54, 1.807) is 38.5 Å². The fraction of sp³-hybridized carbons (Fsp3) is 0.111. The molecule has 0 aliphatic rings. The molecule has 0 aliphatic heterocycles. The lowest BCUT2D eigenvalue weighted by Crippen LogP contribution is -1.96. The Morgan fingerprint density at radius 3 is 2.38 bits per heavy atom. The number of aromatic nitrogens is 1. The normalized spacial score (nSPS) is 9.92. The molecule has 6 nitrogen and oxygen atoms in total. The van der Waals surface area contributed by atoms with E-state index >= 15 is 0 Å². The van der Waals surface area contributed by atoms with Crippen LogP contribution in [-0.2, 0) is 0 Å². The van der Waals surface area contributed by atoms with E-state index in [1.165, 1.54) is 11.3 Å². The second-order valence-corrected chi connectivity index (χ2v) is 5.97. The molecule has 0 atom stereocenters. The van der Waals surface area contributed by atoms with Crippen molar-refractivity contribution in [3.8, 4) is 22.8 Å². The van der Waals surface area contributed by atoms with Gasteiger partial charge in [-0.3, -0.25) is 0 Å². The predicted molar refractivity (Wildman–Crippen MR) is 108 cm³/mol. The van der Waals surface area contributed by atoms with Crippen LogP contribution in [0.5, 0.6) is 11.5 Å². The van der Waals surface area contributed by atoms with Gasteiger partial charge in [0, 0.05) is 16.6 Å². The lowest BCUT2D eigenvalue weighted by atomic mass is 10.1. The molecular formula is C18H17BrN2O4S. The van der Waals surface area contributed by atoms with Gasteiger partial charge < -0.3 is 19.9 Å². The molecule has 0 fully saturated rings. The van der Waals surface area contributed by atoms with Gasteiger partial charge in [-0.2, -0.15) is 0 Å². The first-order valence-corrected chi connectivity index (χ1v) is 8.27. The van der Waals surface area contributed by atoms with Crippen molar-refractivity contribution in [2.24, 2.45) is 0 Å². The summed E-state index contributed by atoms with van der Waals surface area (Å²) in [5.41, 5.74) is 2.76. The highest BCUT2D eigenvalue weighted by molar-refractivity contribution is 8.93. The molecule has 0 saturated heterocycles. The number of carbonyl (C=O) groups is 1. The molecule has 2 N–H and O–H groups in total. The number of aromatic carboxylic acids is 1. The van der Waals surface area contributed by atoms with E-state index < -0.39 is 5.97 Å². The van der Waals surface area contributed by atoms with Crippen molar-refractivity contribution in [3.63, 3.8) is 0 Å². The summed E-state index contributed by atoms with van der Waals surface area (Å²) in [7, 11) is 3.19. The number of ether oxygens (including phenoxy) is 2. The van der Waals surface area contributed by atoms with E-state index in [2.05, 4.69) is 10.3 Å². The Balaban J connectivity index is 0.00000243. The van der Waals surface area contributed by atoms with E-state index in [9.17, 15) is 4.79 Å². The predicted octanol–water partition coefficient (Wildman–Crippen LogP) is 4.85. The van der Waals surface area contributed by atoms with Crippen molar-refractivity contribution in [1.29, 1.82) is 0 Å². The third-order valence-corrected chi connectivity index (χ3v) is 4.32. The number of benzene rings is 2. The van der Waals surface area contributed by atoms with Crippen LogP contribution < -0.4 is 14.8 Å². The van der Waals surface area contributed by atoms with Gasteiger partial charge in [-0.15, -0.1) is 28.3 Å². The van der Waals surface area contributed by atoms with Crippen molar-refractivity contribution >= 4 is 45.1 Å². The van der Waals surface area contributed by atoms with E-state index in [0.29, 0.717) is 16.6 Å². The van der Waals surface area contributed by atoms with Gasteiger partial charge in [-0.05, 0) is 42.5 Å². The van der Waals surface area contributed by atoms with Crippen molar-refractivity contribution in [2.75, 3.05) is 19.5 Å². The minimum atomic E-state index is -0.948. The largest absolute Gasteiger partial charge is 0.493 e. The number of carboxylic acids is 1. The highest BCUT2D eigenvalue weighted by Crippen LogP contribution is 2.34. The second kappa shape index (κ2) is 8.68. The highest BCUT2D eigenvalue weighted by Gasteiger charge is 2.10. The Kier molecular flexibility index (Phi) is 6.59. The van der Waals surface area contributed by atoms with E-state index in [4.69, 9.17) is 14.6 Å². The Bertz CT molecular complexity index is 896. The second-order valence-electron chi connectivity index (χ2n) is 5.12. The molecule has 0 bridgehead atoms. The molecular weight excluding hydrogens is 420 g/mol. The van der Waals surface area contributed by atoms with Gasteiger partial charge in [0.2, 0.25) is 0 Å². The van der Waals surface area contributed by atoms with Crippen molar-refractivity contribution < 1.29 is 19.4 Å². The molecule has 0 unspecified atom stereocenters. The molecule has 1 heterocycles. The van der Waals surface area contributed by atoms with E-state index in [1.807, 2.05) is 23.6 Å². The molecule has 8 heteroatoms. The van der Waals surface area contributed by atoms with Crippen molar-refractivity contribution in [2.45, 2.75) is 0 Å². The van der Waals surface area contributed by atoms with Crippen molar-refractivity contribution in [3.05, 3.63) is 53.4 Å². The van der Waals surface area contributed by atoms with Gasteiger partial charge in [0.1, 0.15) is 0 Å². The molecule has 1 aromatic heterocycles. The zero-order valence-corrected chi connectivity index (χ0v) is 16.6. The fourth-order valence-corrected chi connectivity index (χ4v) is 3.02. The van der Waals surface area contributed by atoms with Crippen LogP contribution in [0.4, 0.5) is 10.8 Å². The number of hydrogen-bond acceptors (Lipinski definition) is 6. The molecule has 2 aromatic carbocycles. The van der Waals surface area contributed by atoms with Crippen molar-refractivity contribution in [1.82, 2.24) is 4.98 Å². The fourth-order valence-electron chi connectivity index (χ4n) is 2.28. The summed E-state index contributed by atoms with van der Waals surface area (Å²) in [6.45, 7) is 0.